The molecule has 1 aromatic carbocycles. The van der Waals surface area contributed by atoms with Gasteiger partial charge in [0.15, 0.2) is 0 Å². The number of hydrogen-bond acceptors (Lipinski definition) is 4. The average Bonchev–Trinajstić information content (AvgIpc) is 2.34. The summed E-state index contributed by atoms with van der Waals surface area (Å²) < 4.78 is 1.60. The van der Waals surface area contributed by atoms with E-state index in [1.165, 1.54) is 0 Å². The molecule has 0 saturated heterocycles. The van der Waals surface area contributed by atoms with Gasteiger partial charge in [-0.05, 0) is 40.2 Å². The number of nitriles is 1. The van der Waals surface area contributed by atoms with Gasteiger partial charge in [-0.25, -0.2) is 4.98 Å². The van der Waals surface area contributed by atoms with Crippen LogP contribution < -0.4 is 11.1 Å². The van der Waals surface area contributed by atoms with E-state index in [0.717, 1.165) is 8.95 Å². The number of aromatic nitrogens is 1. The van der Waals surface area contributed by atoms with Gasteiger partial charge in [0.2, 0.25) is 0 Å². The summed E-state index contributed by atoms with van der Waals surface area (Å²) >= 11 is 6.69. The summed E-state index contributed by atoms with van der Waals surface area (Å²) in [6.07, 6.45) is 1.55. The van der Waals surface area contributed by atoms with Gasteiger partial charge in [0.1, 0.15) is 11.9 Å². The minimum atomic E-state index is 0.537. The number of rotatable bonds is 2. The van der Waals surface area contributed by atoms with Crippen molar-refractivity contribution in [1.29, 1.82) is 5.26 Å². The van der Waals surface area contributed by atoms with Crippen LogP contribution in [0.4, 0.5) is 17.2 Å². The summed E-state index contributed by atoms with van der Waals surface area (Å²) in [6.45, 7) is 0. The van der Waals surface area contributed by atoms with Crippen molar-refractivity contribution in [3.05, 3.63) is 45.0 Å². The fourth-order valence-electron chi connectivity index (χ4n) is 1.39. The molecule has 0 spiro atoms. The molecule has 6 heteroatoms. The number of nitrogens with zero attached hydrogens (tertiary/aromatic N) is 2. The number of anilines is 3. The lowest BCUT2D eigenvalue weighted by Gasteiger charge is -2.09. The van der Waals surface area contributed by atoms with Crippen LogP contribution in [0, 0.1) is 11.3 Å². The molecule has 1 heterocycles. The summed E-state index contributed by atoms with van der Waals surface area (Å²) in [7, 11) is 0. The van der Waals surface area contributed by atoms with Gasteiger partial charge in [0.05, 0.1) is 27.6 Å². The molecule has 18 heavy (non-hydrogen) atoms. The molecule has 2 rings (SSSR count). The van der Waals surface area contributed by atoms with Crippen LogP contribution in [0.25, 0.3) is 0 Å². The van der Waals surface area contributed by atoms with Crippen molar-refractivity contribution in [1.82, 2.24) is 4.98 Å². The summed E-state index contributed by atoms with van der Waals surface area (Å²) in [5.41, 5.74) is 7.42. The number of nitrogens with one attached hydrogen (secondary N) is 1. The molecule has 0 amide bonds. The van der Waals surface area contributed by atoms with Gasteiger partial charge < -0.3 is 11.1 Å². The van der Waals surface area contributed by atoms with Gasteiger partial charge in [-0.1, -0.05) is 15.9 Å². The molecule has 3 N–H and O–H groups in total. The zero-order chi connectivity index (χ0) is 13.1. The number of hydrogen-bond donors (Lipinski definition) is 2. The average molecular weight is 368 g/mol. The van der Waals surface area contributed by atoms with Gasteiger partial charge in [-0.15, -0.1) is 0 Å². The maximum Gasteiger partial charge on any atom is 0.144 e. The first-order valence-corrected chi connectivity index (χ1v) is 6.56. The van der Waals surface area contributed by atoms with Crippen LogP contribution in [0.2, 0.25) is 0 Å². The topological polar surface area (TPSA) is 74.7 Å². The highest BCUT2D eigenvalue weighted by molar-refractivity contribution is 9.10. The maximum absolute atomic E-state index is 9.07. The Morgan fingerprint density at radius 1 is 1.28 bits per heavy atom. The molecule has 0 unspecified atom stereocenters. The van der Waals surface area contributed by atoms with Crippen LogP contribution in [0.5, 0.6) is 0 Å². The Bertz CT molecular complexity index is 634. The molecule has 0 aliphatic rings. The van der Waals surface area contributed by atoms with Gasteiger partial charge in [-0.3, -0.25) is 0 Å². The number of nitrogens with two attached hydrogens (primary N) is 1. The molecular weight excluding hydrogens is 360 g/mol. The predicted molar refractivity (Wildman–Crippen MR) is 78.5 cm³/mol. The van der Waals surface area contributed by atoms with E-state index in [4.69, 9.17) is 11.0 Å². The number of nitrogen functional groups attached to an aromatic ring is 1. The molecule has 0 atom stereocenters. The predicted octanol–water partition coefficient (Wildman–Crippen LogP) is 3.80. The third-order valence-electron chi connectivity index (χ3n) is 2.22. The van der Waals surface area contributed by atoms with E-state index in [0.29, 0.717) is 22.8 Å². The molecular formula is C12H8Br2N4. The largest absolute Gasteiger partial charge is 0.397 e. The smallest absolute Gasteiger partial charge is 0.144 e. The van der Waals surface area contributed by atoms with Crippen molar-refractivity contribution in [2.24, 2.45) is 0 Å². The monoisotopic (exact) mass is 366 g/mol. The molecule has 2 aromatic rings. The standard InChI is InChI=1S/C12H8Br2N4/c13-8-1-2-11(7(3-8)5-15)18-12-10(14)4-9(16)6-17-12/h1-4,6H,16H2,(H,17,18). The highest BCUT2D eigenvalue weighted by Gasteiger charge is 2.07. The van der Waals surface area contributed by atoms with E-state index in [2.05, 4.69) is 48.2 Å². The van der Waals surface area contributed by atoms with Gasteiger partial charge in [0, 0.05) is 4.47 Å². The highest BCUT2D eigenvalue weighted by atomic mass is 79.9. The van der Waals surface area contributed by atoms with E-state index in [1.54, 1.807) is 18.3 Å². The number of halogens is 2. The Hall–Kier alpha value is -1.58. The van der Waals surface area contributed by atoms with E-state index in [1.807, 2.05) is 12.1 Å². The molecule has 0 saturated carbocycles. The molecule has 0 fully saturated rings. The maximum atomic E-state index is 9.07. The van der Waals surface area contributed by atoms with Crippen molar-refractivity contribution < 1.29 is 0 Å². The second-order valence-electron chi connectivity index (χ2n) is 3.53. The molecule has 0 bridgehead atoms. The number of pyridine rings is 1. The van der Waals surface area contributed by atoms with Crippen molar-refractivity contribution in [2.75, 3.05) is 11.1 Å². The summed E-state index contributed by atoms with van der Waals surface area (Å²) in [5, 5.41) is 12.2. The SMILES string of the molecule is N#Cc1cc(Br)ccc1Nc1ncc(N)cc1Br. The first-order valence-electron chi connectivity index (χ1n) is 4.98. The van der Waals surface area contributed by atoms with Gasteiger partial charge >= 0.3 is 0 Å². The van der Waals surface area contributed by atoms with Crippen molar-refractivity contribution >= 4 is 49.1 Å². The lowest BCUT2D eigenvalue weighted by molar-refractivity contribution is 1.29. The Morgan fingerprint density at radius 3 is 2.72 bits per heavy atom. The summed E-state index contributed by atoms with van der Waals surface area (Å²) in [6, 6.07) is 9.29. The van der Waals surface area contributed by atoms with Crippen LogP contribution in [-0.2, 0) is 0 Å². The molecule has 0 aliphatic heterocycles. The molecule has 0 aliphatic carbocycles. The highest BCUT2D eigenvalue weighted by Crippen LogP contribution is 2.28. The molecule has 4 nitrogen and oxygen atoms in total. The lowest BCUT2D eigenvalue weighted by atomic mass is 10.2. The lowest BCUT2D eigenvalue weighted by Crippen LogP contribution is -1.98. The van der Waals surface area contributed by atoms with Crippen molar-refractivity contribution in [2.45, 2.75) is 0 Å². The Morgan fingerprint density at radius 2 is 2.06 bits per heavy atom. The number of benzene rings is 1. The summed E-state index contributed by atoms with van der Waals surface area (Å²) in [5.74, 6) is 0.614. The summed E-state index contributed by atoms with van der Waals surface area (Å²) in [4.78, 5) is 4.17. The van der Waals surface area contributed by atoms with Crippen LogP contribution in [0.1, 0.15) is 5.56 Å². The van der Waals surface area contributed by atoms with Gasteiger partial charge in [0.25, 0.3) is 0 Å². The molecule has 90 valence electrons. The Balaban J connectivity index is 2.37. The molecule has 0 radical (unpaired) electrons. The Kier molecular flexibility index (Phi) is 3.84. The third-order valence-corrected chi connectivity index (χ3v) is 3.32. The Labute approximate surface area is 121 Å². The van der Waals surface area contributed by atoms with Gasteiger partial charge in [-0.2, -0.15) is 5.26 Å². The van der Waals surface area contributed by atoms with E-state index < -0.39 is 0 Å². The van der Waals surface area contributed by atoms with E-state index in [9.17, 15) is 0 Å². The molecule has 1 aromatic heterocycles. The van der Waals surface area contributed by atoms with Crippen molar-refractivity contribution in [3.63, 3.8) is 0 Å². The minimum absolute atomic E-state index is 0.537. The normalized spacial score (nSPS) is 9.83. The first-order chi connectivity index (χ1) is 8.60. The third kappa shape index (κ3) is 2.81. The zero-order valence-corrected chi connectivity index (χ0v) is 12.3. The van der Waals surface area contributed by atoms with Crippen molar-refractivity contribution in [3.8, 4) is 6.07 Å². The second-order valence-corrected chi connectivity index (χ2v) is 5.30. The second kappa shape index (κ2) is 5.38. The fourth-order valence-corrected chi connectivity index (χ4v) is 2.22. The van der Waals surface area contributed by atoms with Crippen LogP contribution in [0.3, 0.4) is 0 Å². The van der Waals surface area contributed by atoms with E-state index in [-0.39, 0.29) is 0 Å². The minimum Gasteiger partial charge on any atom is -0.397 e. The quantitative estimate of drug-likeness (QED) is 0.846. The first kappa shape index (κ1) is 12.9. The fraction of sp³-hybridized carbons (Fsp3) is 0. The van der Waals surface area contributed by atoms with Crippen LogP contribution in [-0.4, -0.2) is 4.98 Å². The van der Waals surface area contributed by atoms with E-state index >= 15 is 0 Å². The van der Waals surface area contributed by atoms with Crippen LogP contribution in [0.15, 0.2) is 39.4 Å². The zero-order valence-electron chi connectivity index (χ0n) is 9.11. The van der Waals surface area contributed by atoms with Crippen LogP contribution >= 0.6 is 31.9 Å².